The Bertz CT molecular complexity index is 532. The van der Waals surface area contributed by atoms with Gasteiger partial charge in [-0.3, -0.25) is 0 Å². The molecule has 25 heavy (non-hydrogen) atoms. The molecule has 2 unspecified atom stereocenters. The fourth-order valence-corrected chi connectivity index (χ4v) is 3.38. The predicted molar refractivity (Wildman–Crippen MR) is 104 cm³/mol. The summed E-state index contributed by atoms with van der Waals surface area (Å²) in [5.41, 5.74) is 0. The lowest BCUT2D eigenvalue weighted by molar-refractivity contribution is 0.360. The molecule has 0 aliphatic heterocycles. The van der Waals surface area contributed by atoms with Crippen LogP contribution in [0.25, 0.3) is 0 Å². The second-order valence-corrected chi connectivity index (χ2v) is 7.43. The van der Waals surface area contributed by atoms with Gasteiger partial charge >= 0.3 is 0 Å². The Labute approximate surface area is 153 Å². The maximum absolute atomic E-state index is 4.42. The third-order valence-electron chi connectivity index (χ3n) is 5.32. The van der Waals surface area contributed by atoms with E-state index in [1.807, 2.05) is 0 Å². The molecule has 0 bridgehead atoms. The van der Waals surface area contributed by atoms with Crippen molar-refractivity contribution in [3.8, 4) is 0 Å². The van der Waals surface area contributed by atoms with Gasteiger partial charge in [0.25, 0.3) is 0 Å². The van der Waals surface area contributed by atoms with Gasteiger partial charge in [-0.05, 0) is 38.5 Å². The first-order chi connectivity index (χ1) is 12.1. The number of aryl methyl sites for hydroxylation is 1. The van der Waals surface area contributed by atoms with Crippen molar-refractivity contribution in [2.45, 2.75) is 91.1 Å². The lowest BCUT2D eigenvalue weighted by Gasteiger charge is -2.26. The SMILES string of the molecule is C=C(NCCCc1nnc(C2CC2)n1CC)NC(CCC)C(C)CC. The van der Waals surface area contributed by atoms with Crippen LogP contribution >= 0.6 is 0 Å². The average Bonchev–Trinajstić information content (AvgIpc) is 3.37. The predicted octanol–water partition coefficient (Wildman–Crippen LogP) is 3.97. The Kier molecular flexibility index (Phi) is 7.79. The minimum atomic E-state index is 0.513. The quantitative estimate of drug-likeness (QED) is 0.530. The normalized spacial score (nSPS) is 16.5. The van der Waals surface area contributed by atoms with E-state index >= 15 is 0 Å². The molecule has 2 atom stereocenters. The molecule has 5 nitrogen and oxygen atoms in total. The molecule has 5 heteroatoms. The first-order valence-electron chi connectivity index (χ1n) is 10.2. The van der Waals surface area contributed by atoms with Crippen LogP contribution in [0.1, 0.15) is 83.8 Å². The van der Waals surface area contributed by atoms with Crippen molar-refractivity contribution < 1.29 is 0 Å². The minimum absolute atomic E-state index is 0.513. The Morgan fingerprint density at radius 2 is 2.04 bits per heavy atom. The largest absolute Gasteiger partial charge is 0.372 e. The molecule has 1 fully saturated rings. The van der Waals surface area contributed by atoms with E-state index in [9.17, 15) is 0 Å². The fraction of sp³-hybridized carbons (Fsp3) is 0.800. The summed E-state index contributed by atoms with van der Waals surface area (Å²) in [6, 6.07) is 0.513. The molecule has 1 saturated carbocycles. The second kappa shape index (κ2) is 9.83. The van der Waals surface area contributed by atoms with Crippen LogP contribution in [0.4, 0.5) is 0 Å². The zero-order valence-electron chi connectivity index (χ0n) is 16.6. The highest BCUT2D eigenvalue weighted by atomic mass is 15.3. The van der Waals surface area contributed by atoms with Gasteiger partial charge in [0.1, 0.15) is 11.6 Å². The van der Waals surface area contributed by atoms with E-state index in [2.05, 4.69) is 59.7 Å². The molecule has 2 N–H and O–H groups in total. The number of nitrogens with one attached hydrogen (secondary N) is 2. The third kappa shape index (κ3) is 5.75. The summed E-state index contributed by atoms with van der Waals surface area (Å²) in [6.45, 7) is 15.0. The topological polar surface area (TPSA) is 54.8 Å². The zero-order chi connectivity index (χ0) is 18.2. The van der Waals surface area contributed by atoms with Crippen LogP contribution in [-0.2, 0) is 13.0 Å². The van der Waals surface area contributed by atoms with E-state index in [4.69, 9.17) is 0 Å². The molecule has 0 radical (unpaired) electrons. The highest BCUT2D eigenvalue weighted by Crippen LogP contribution is 2.39. The fourth-order valence-electron chi connectivity index (χ4n) is 3.38. The summed E-state index contributed by atoms with van der Waals surface area (Å²) < 4.78 is 2.31. The molecule has 2 rings (SSSR count). The van der Waals surface area contributed by atoms with Crippen LogP contribution < -0.4 is 10.6 Å². The summed E-state index contributed by atoms with van der Waals surface area (Å²) in [6.07, 6.45) is 8.16. The first-order valence-corrected chi connectivity index (χ1v) is 10.2. The monoisotopic (exact) mass is 347 g/mol. The van der Waals surface area contributed by atoms with Gasteiger partial charge in [0.05, 0.1) is 5.82 Å². The van der Waals surface area contributed by atoms with Crippen LogP contribution in [-0.4, -0.2) is 27.4 Å². The van der Waals surface area contributed by atoms with Crippen LogP contribution in [0.5, 0.6) is 0 Å². The van der Waals surface area contributed by atoms with Crippen molar-refractivity contribution in [3.63, 3.8) is 0 Å². The van der Waals surface area contributed by atoms with E-state index in [-0.39, 0.29) is 0 Å². The first kappa shape index (κ1) is 19.8. The highest BCUT2D eigenvalue weighted by Gasteiger charge is 2.29. The molecule has 142 valence electrons. The molecule has 0 amide bonds. The van der Waals surface area contributed by atoms with Crippen molar-refractivity contribution in [2.75, 3.05) is 6.54 Å². The number of hydrogen-bond acceptors (Lipinski definition) is 4. The lowest BCUT2D eigenvalue weighted by atomic mass is 9.95. The van der Waals surface area contributed by atoms with Crippen LogP contribution in [0.15, 0.2) is 12.4 Å². The lowest BCUT2D eigenvalue weighted by Crippen LogP contribution is -2.38. The Hall–Kier alpha value is -1.52. The van der Waals surface area contributed by atoms with Gasteiger partial charge in [0.15, 0.2) is 0 Å². The molecule has 1 aliphatic rings. The smallest absolute Gasteiger partial charge is 0.136 e. The van der Waals surface area contributed by atoms with Crippen LogP contribution in [0, 0.1) is 5.92 Å². The summed E-state index contributed by atoms with van der Waals surface area (Å²) in [5, 5.41) is 15.8. The number of rotatable bonds is 13. The molecule has 1 aromatic rings. The van der Waals surface area contributed by atoms with E-state index in [1.165, 1.54) is 37.9 Å². The van der Waals surface area contributed by atoms with Gasteiger partial charge in [-0.1, -0.05) is 40.2 Å². The van der Waals surface area contributed by atoms with Crippen LogP contribution in [0.3, 0.4) is 0 Å². The van der Waals surface area contributed by atoms with Crippen molar-refractivity contribution in [1.82, 2.24) is 25.4 Å². The average molecular weight is 348 g/mol. The summed E-state index contributed by atoms with van der Waals surface area (Å²) in [4.78, 5) is 0. The molecule has 0 aromatic carbocycles. The summed E-state index contributed by atoms with van der Waals surface area (Å²) in [5.74, 6) is 4.62. The van der Waals surface area contributed by atoms with Gasteiger partial charge in [0, 0.05) is 31.5 Å². The van der Waals surface area contributed by atoms with E-state index in [1.54, 1.807) is 0 Å². The number of nitrogens with zero attached hydrogens (tertiary/aromatic N) is 3. The molecular formula is C20H37N5. The van der Waals surface area contributed by atoms with E-state index in [0.29, 0.717) is 17.9 Å². The molecular weight excluding hydrogens is 310 g/mol. The van der Waals surface area contributed by atoms with Gasteiger partial charge in [-0.15, -0.1) is 10.2 Å². The van der Waals surface area contributed by atoms with Crippen molar-refractivity contribution in [3.05, 3.63) is 24.0 Å². The third-order valence-corrected chi connectivity index (χ3v) is 5.32. The highest BCUT2D eigenvalue weighted by molar-refractivity contribution is 5.08. The zero-order valence-corrected chi connectivity index (χ0v) is 16.6. The summed E-state index contributed by atoms with van der Waals surface area (Å²) >= 11 is 0. The van der Waals surface area contributed by atoms with Gasteiger partial charge in [-0.25, -0.2) is 0 Å². The van der Waals surface area contributed by atoms with Crippen molar-refractivity contribution in [1.29, 1.82) is 0 Å². The Morgan fingerprint density at radius 3 is 2.64 bits per heavy atom. The second-order valence-electron chi connectivity index (χ2n) is 7.43. The van der Waals surface area contributed by atoms with Crippen molar-refractivity contribution >= 4 is 0 Å². The van der Waals surface area contributed by atoms with E-state index < -0.39 is 0 Å². The molecule has 1 aliphatic carbocycles. The molecule has 0 spiro atoms. The standard InChI is InChI=1S/C20H37N5/c1-6-10-18(15(4)7-2)22-16(5)21-14-9-11-19-23-24-20(17-12-13-17)25(19)8-3/h15,17-18,21-22H,5-14H2,1-4H3. The van der Waals surface area contributed by atoms with Gasteiger partial charge < -0.3 is 15.2 Å². The van der Waals surface area contributed by atoms with Gasteiger partial charge in [0.2, 0.25) is 0 Å². The Balaban J connectivity index is 1.72. The molecule has 0 saturated heterocycles. The minimum Gasteiger partial charge on any atom is -0.372 e. The maximum atomic E-state index is 4.42. The van der Waals surface area contributed by atoms with Gasteiger partial charge in [-0.2, -0.15) is 0 Å². The number of aromatic nitrogens is 3. The molecule has 1 aromatic heterocycles. The van der Waals surface area contributed by atoms with Crippen LogP contribution in [0.2, 0.25) is 0 Å². The Morgan fingerprint density at radius 1 is 1.28 bits per heavy atom. The van der Waals surface area contributed by atoms with Crippen molar-refractivity contribution in [2.24, 2.45) is 5.92 Å². The molecule has 1 heterocycles. The maximum Gasteiger partial charge on any atom is 0.136 e. The van der Waals surface area contributed by atoms with E-state index in [0.717, 1.165) is 37.6 Å². The number of hydrogen-bond donors (Lipinski definition) is 2. The summed E-state index contributed by atoms with van der Waals surface area (Å²) in [7, 11) is 0.